The van der Waals surface area contributed by atoms with Crippen LogP contribution in [0.3, 0.4) is 0 Å². The molecule has 0 amide bonds. The van der Waals surface area contributed by atoms with Gasteiger partial charge in [0.2, 0.25) is 0 Å². The van der Waals surface area contributed by atoms with Gasteiger partial charge in [-0.25, -0.2) is 4.98 Å². The van der Waals surface area contributed by atoms with Crippen molar-refractivity contribution in [3.63, 3.8) is 0 Å². The Hall–Kier alpha value is -1.51. The molecule has 62 valence electrons. The summed E-state index contributed by atoms with van der Waals surface area (Å²) in [6, 6.07) is 5.77. The van der Waals surface area contributed by atoms with Crippen LogP contribution in [-0.4, -0.2) is 9.55 Å². The summed E-state index contributed by atoms with van der Waals surface area (Å²) in [4.78, 5) is 4.36. The van der Waals surface area contributed by atoms with E-state index < -0.39 is 0 Å². The topological polar surface area (TPSA) is 43.8 Å². The average Bonchev–Trinajstić information content (AvgIpc) is 2.28. The Morgan fingerprint density at radius 2 is 2.17 bits per heavy atom. The summed E-state index contributed by atoms with van der Waals surface area (Å²) in [5, 5.41) is 0. The fourth-order valence-corrected chi connectivity index (χ4v) is 1.34. The predicted molar refractivity (Wildman–Crippen MR) is 49.9 cm³/mol. The molecule has 0 aliphatic carbocycles. The van der Waals surface area contributed by atoms with Gasteiger partial charge in [-0.1, -0.05) is 0 Å². The molecule has 0 aliphatic heterocycles. The molecule has 0 atom stereocenters. The zero-order chi connectivity index (χ0) is 8.72. The zero-order valence-corrected chi connectivity index (χ0v) is 7.20. The lowest BCUT2D eigenvalue weighted by atomic mass is 10.3. The maximum atomic E-state index is 5.63. The van der Waals surface area contributed by atoms with Crippen molar-refractivity contribution in [3.05, 3.63) is 24.0 Å². The van der Waals surface area contributed by atoms with Gasteiger partial charge in [0.1, 0.15) is 5.82 Å². The Kier molecular flexibility index (Phi) is 1.33. The highest BCUT2D eigenvalue weighted by Gasteiger charge is 2.02. The minimum atomic E-state index is 0.764. The number of rotatable bonds is 0. The van der Waals surface area contributed by atoms with E-state index in [1.165, 1.54) is 0 Å². The number of hydrogen-bond acceptors (Lipinski definition) is 2. The molecule has 1 aromatic heterocycles. The predicted octanol–water partition coefficient (Wildman–Crippen LogP) is 1.46. The van der Waals surface area contributed by atoms with Crippen molar-refractivity contribution >= 4 is 16.7 Å². The number of nitrogen functional groups attached to an aromatic ring is 1. The van der Waals surface area contributed by atoms with E-state index in [0.717, 1.165) is 22.5 Å². The largest absolute Gasteiger partial charge is 0.399 e. The van der Waals surface area contributed by atoms with Gasteiger partial charge in [-0.3, -0.25) is 0 Å². The van der Waals surface area contributed by atoms with Crippen LogP contribution in [-0.2, 0) is 7.05 Å². The first-order chi connectivity index (χ1) is 5.68. The van der Waals surface area contributed by atoms with Crippen LogP contribution in [0.4, 0.5) is 5.69 Å². The van der Waals surface area contributed by atoms with Gasteiger partial charge in [0.15, 0.2) is 0 Å². The number of benzene rings is 1. The van der Waals surface area contributed by atoms with Crippen LogP contribution in [0.2, 0.25) is 0 Å². The van der Waals surface area contributed by atoms with Crippen LogP contribution in [0.25, 0.3) is 11.0 Å². The lowest BCUT2D eigenvalue weighted by Crippen LogP contribution is -1.90. The maximum absolute atomic E-state index is 5.63. The van der Waals surface area contributed by atoms with Gasteiger partial charge < -0.3 is 10.3 Å². The molecule has 1 aromatic carbocycles. The molecule has 2 aromatic rings. The second-order valence-electron chi connectivity index (χ2n) is 2.97. The molecule has 0 bridgehead atoms. The number of fused-ring (bicyclic) bond motifs is 1. The van der Waals surface area contributed by atoms with Gasteiger partial charge >= 0.3 is 0 Å². The normalized spacial score (nSPS) is 10.8. The third-order valence-electron chi connectivity index (χ3n) is 2.13. The fourth-order valence-electron chi connectivity index (χ4n) is 1.34. The van der Waals surface area contributed by atoms with Crippen molar-refractivity contribution < 1.29 is 0 Å². The Labute approximate surface area is 70.8 Å². The van der Waals surface area contributed by atoms with Crippen molar-refractivity contribution in [2.45, 2.75) is 6.92 Å². The van der Waals surface area contributed by atoms with Gasteiger partial charge in [0.25, 0.3) is 0 Å². The summed E-state index contributed by atoms with van der Waals surface area (Å²) in [5.74, 6) is 1.01. The summed E-state index contributed by atoms with van der Waals surface area (Å²) in [7, 11) is 2.00. The number of nitrogens with two attached hydrogens (primary N) is 1. The first-order valence-electron chi connectivity index (χ1n) is 3.87. The standard InChI is InChI=1S/C9H11N3/c1-6-11-8-5-7(10)3-4-9(8)12(6)2/h3-5H,10H2,1-2H3. The van der Waals surface area contributed by atoms with Gasteiger partial charge in [-0.05, 0) is 25.1 Å². The van der Waals surface area contributed by atoms with Gasteiger partial charge in [-0.2, -0.15) is 0 Å². The Morgan fingerprint density at radius 3 is 2.92 bits per heavy atom. The van der Waals surface area contributed by atoms with E-state index in [-0.39, 0.29) is 0 Å². The molecule has 0 unspecified atom stereocenters. The fraction of sp³-hybridized carbons (Fsp3) is 0.222. The van der Waals surface area contributed by atoms with E-state index in [1.54, 1.807) is 0 Å². The third-order valence-corrected chi connectivity index (χ3v) is 2.13. The van der Waals surface area contributed by atoms with Crippen LogP contribution in [0.5, 0.6) is 0 Å². The molecular weight excluding hydrogens is 150 g/mol. The van der Waals surface area contributed by atoms with Gasteiger partial charge in [0.05, 0.1) is 11.0 Å². The average molecular weight is 161 g/mol. The Morgan fingerprint density at radius 1 is 1.42 bits per heavy atom. The van der Waals surface area contributed by atoms with E-state index in [1.807, 2.05) is 32.2 Å². The highest BCUT2D eigenvalue weighted by Crippen LogP contribution is 2.16. The molecule has 0 fully saturated rings. The van der Waals surface area contributed by atoms with E-state index in [4.69, 9.17) is 5.73 Å². The second-order valence-corrected chi connectivity index (χ2v) is 2.97. The van der Waals surface area contributed by atoms with Gasteiger partial charge in [0, 0.05) is 12.7 Å². The number of anilines is 1. The van der Waals surface area contributed by atoms with E-state index in [0.29, 0.717) is 0 Å². The molecule has 0 aliphatic rings. The minimum Gasteiger partial charge on any atom is -0.399 e. The first-order valence-corrected chi connectivity index (χ1v) is 3.87. The first kappa shape index (κ1) is 7.16. The molecule has 0 radical (unpaired) electrons. The number of imidazole rings is 1. The highest BCUT2D eigenvalue weighted by molar-refractivity contribution is 5.79. The zero-order valence-electron chi connectivity index (χ0n) is 7.20. The molecular formula is C9H11N3. The van der Waals surface area contributed by atoms with E-state index >= 15 is 0 Å². The van der Waals surface area contributed by atoms with Crippen LogP contribution in [0.15, 0.2) is 18.2 Å². The lowest BCUT2D eigenvalue weighted by molar-refractivity contribution is 0.886. The molecule has 2 N–H and O–H groups in total. The quantitative estimate of drug-likeness (QED) is 0.594. The number of hydrogen-bond donors (Lipinski definition) is 1. The molecule has 0 saturated carbocycles. The summed E-state index contributed by atoms with van der Waals surface area (Å²) >= 11 is 0. The van der Waals surface area contributed by atoms with Crippen molar-refractivity contribution in [1.82, 2.24) is 9.55 Å². The smallest absolute Gasteiger partial charge is 0.106 e. The molecule has 3 heteroatoms. The molecule has 3 nitrogen and oxygen atoms in total. The SMILES string of the molecule is Cc1nc2cc(N)ccc2n1C. The van der Waals surface area contributed by atoms with Crippen LogP contribution >= 0.6 is 0 Å². The van der Waals surface area contributed by atoms with Crippen molar-refractivity contribution in [1.29, 1.82) is 0 Å². The summed E-state index contributed by atoms with van der Waals surface area (Å²) in [6.07, 6.45) is 0. The van der Waals surface area contributed by atoms with Crippen LogP contribution in [0.1, 0.15) is 5.82 Å². The molecule has 1 heterocycles. The molecule has 0 spiro atoms. The number of aromatic nitrogens is 2. The van der Waals surface area contributed by atoms with E-state index in [9.17, 15) is 0 Å². The van der Waals surface area contributed by atoms with Crippen molar-refractivity contribution in [2.24, 2.45) is 7.05 Å². The molecule has 0 saturated heterocycles. The second kappa shape index (κ2) is 2.24. The lowest BCUT2D eigenvalue weighted by Gasteiger charge is -1.95. The van der Waals surface area contributed by atoms with Gasteiger partial charge in [-0.15, -0.1) is 0 Å². The number of aryl methyl sites for hydroxylation is 2. The Bertz CT molecular complexity index is 429. The Balaban J connectivity index is 2.87. The molecule has 12 heavy (non-hydrogen) atoms. The summed E-state index contributed by atoms with van der Waals surface area (Å²) in [5.41, 5.74) is 8.49. The highest BCUT2D eigenvalue weighted by atomic mass is 15.0. The maximum Gasteiger partial charge on any atom is 0.106 e. The summed E-state index contributed by atoms with van der Waals surface area (Å²) in [6.45, 7) is 1.98. The van der Waals surface area contributed by atoms with Crippen LogP contribution < -0.4 is 5.73 Å². The summed E-state index contributed by atoms with van der Waals surface area (Å²) < 4.78 is 2.05. The van der Waals surface area contributed by atoms with Crippen molar-refractivity contribution in [3.8, 4) is 0 Å². The minimum absolute atomic E-state index is 0.764. The van der Waals surface area contributed by atoms with E-state index in [2.05, 4.69) is 9.55 Å². The van der Waals surface area contributed by atoms with Crippen molar-refractivity contribution in [2.75, 3.05) is 5.73 Å². The van der Waals surface area contributed by atoms with Crippen LogP contribution in [0, 0.1) is 6.92 Å². The molecule has 2 rings (SSSR count). The monoisotopic (exact) mass is 161 g/mol. The number of nitrogens with zero attached hydrogens (tertiary/aromatic N) is 2. The third kappa shape index (κ3) is 0.863.